The Morgan fingerprint density at radius 1 is 1.00 bits per heavy atom. The highest BCUT2D eigenvalue weighted by Gasteiger charge is 1.99. The summed E-state index contributed by atoms with van der Waals surface area (Å²) in [6.07, 6.45) is 3.47. The average Bonchev–Trinajstić information content (AvgIpc) is 2.49. The Balaban J connectivity index is 1.86. The molecule has 3 rings (SSSR count). The van der Waals surface area contributed by atoms with Crippen LogP contribution < -0.4 is 5.43 Å². The van der Waals surface area contributed by atoms with Gasteiger partial charge in [-0.3, -0.25) is 10.4 Å². The van der Waals surface area contributed by atoms with E-state index in [1.165, 1.54) is 0 Å². The molecule has 0 saturated heterocycles. The molecular formula is C16H12ClN3. The van der Waals surface area contributed by atoms with Gasteiger partial charge in [0.2, 0.25) is 0 Å². The first kappa shape index (κ1) is 12.6. The number of rotatable bonds is 3. The first-order valence-electron chi connectivity index (χ1n) is 6.22. The SMILES string of the molecule is Clc1ccccc1C=NNc1ccnc2ccccc12. The minimum atomic E-state index is 0.678. The molecule has 1 N–H and O–H groups in total. The number of hydrazone groups is 1. The molecule has 4 heteroatoms. The predicted molar refractivity (Wildman–Crippen MR) is 84.4 cm³/mol. The lowest BCUT2D eigenvalue weighted by molar-refractivity contribution is 1.33. The molecule has 0 aliphatic carbocycles. The van der Waals surface area contributed by atoms with Gasteiger partial charge in [0, 0.05) is 22.2 Å². The van der Waals surface area contributed by atoms with Crippen molar-refractivity contribution < 1.29 is 0 Å². The van der Waals surface area contributed by atoms with Gasteiger partial charge >= 0.3 is 0 Å². The highest BCUT2D eigenvalue weighted by molar-refractivity contribution is 6.33. The molecule has 0 radical (unpaired) electrons. The average molecular weight is 282 g/mol. The van der Waals surface area contributed by atoms with E-state index in [4.69, 9.17) is 11.6 Å². The van der Waals surface area contributed by atoms with Crippen LogP contribution in [-0.4, -0.2) is 11.2 Å². The minimum Gasteiger partial charge on any atom is -0.278 e. The van der Waals surface area contributed by atoms with Crippen LogP contribution in [0.25, 0.3) is 10.9 Å². The molecule has 1 aromatic heterocycles. The third-order valence-electron chi connectivity index (χ3n) is 2.94. The summed E-state index contributed by atoms with van der Waals surface area (Å²) < 4.78 is 0. The Kier molecular flexibility index (Phi) is 3.61. The first-order chi connectivity index (χ1) is 9.84. The summed E-state index contributed by atoms with van der Waals surface area (Å²) in [6, 6.07) is 17.4. The number of aromatic nitrogens is 1. The van der Waals surface area contributed by atoms with Gasteiger partial charge in [-0.15, -0.1) is 0 Å². The smallest absolute Gasteiger partial charge is 0.0723 e. The Labute approximate surface area is 121 Å². The number of benzene rings is 2. The number of fused-ring (bicyclic) bond motifs is 1. The van der Waals surface area contributed by atoms with Crippen molar-refractivity contribution in [1.82, 2.24) is 4.98 Å². The number of anilines is 1. The Morgan fingerprint density at radius 3 is 2.70 bits per heavy atom. The van der Waals surface area contributed by atoms with Crippen molar-refractivity contribution in [2.24, 2.45) is 5.10 Å². The Bertz CT molecular complexity index is 763. The number of hydrogen-bond acceptors (Lipinski definition) is 3. The topological polar surface area (TPSA) is 37.3 Å². The Hall–Kier alpha value is -2.39. The number of para-hydroxylation sites is 1. The van der Waals surface area contributed by atoms with Crippen molar-refractivity contribution in [2.75, 3.05) is 5.43 Å². The zero-order chi connectivity index (χ0) is 13.8. The van der Waals surface area contributed by atoms with Crippen LogP contribution in [-0.2, 0) is 0 Å². The molecule has 0 atom stereocenters. The maximum atomic E-state index is 6.07. The van der Waals surface area contributed by atoms with E-state index in [0.29, 0.717) is 5.02 Å². The lowest BCUT2D eigenvalue weighted by Crippen LogP contribution is -1.93. The van der Waals surface area contributed by atoms with Crippen molar-refractivity contribution in [3.8, 4) is 0 Å². The molecule has 0 aliphatic rings. The van der Waals surface area contributed by atoms with E-state index in [1.54, 1.807) is 12.4 Å². The van der Waals surface area contributed by atoms with Crippen LogP contribution in [0, 0.1) is 0 Å². The number of nitrogens with one attached hydrogen (secondary N) is 1. The maximum Gasteiger partial charge on any atom is 0.0723 e. The highest BCUT2D eigenvalue weighted by atomic mass is 35.5. The molecule has 0 aliphatic heterocycles. The van der Waals surface area contributed by atoms with Gasteiger partial charge in [0.25, 0.3) is 0 Å². The van der Waals surface area contributed by atoms with E-state index in [-0.39, 0.29) is 0 Å². The second kappa shape index (κ2) is 5.72. The molecule has 2 aromatic carbocycles. The van der Waals surface area contributed by atoms with Gasteiger partial charge in [0.05, 0.1) is 17.4 Å². The molecule has 20 heavy (non-hydrogen) atoms. The maximum absolute atomic E-state index is 6.07. The molecule has 0 spiro atoms. The van der Waals surface area contributed by atoms with Crippen LogP contribution in [0.2, 0.25) is 5.02 Å². The Morgan fingerprint density at radius 2 is 1.80 bits per heavy atom. The number of nitrogens with zero attached hydrogens (tertiary/aromatic N) is 2. The lowest BCUT2D eigenvalue weighted by Gasteiger charge is -2.04. The fourth-order valence-electron chi connectivity index (χ4n) is 1.94. The van der Waals surface area contributed by atoms with E-state index < -0.39 is 0 Å². The molecule has 0 bridgehead atoms. The molecule has 0 amide bonds. The zero-order valence-corrected chi connectivity index (χ0v) is 11.4. The van der Waals surface area contributed by atoms with E-state index >= 15 is 0 Å². The summed E-state index contributed by atoms with van der Waals surface area (Å²) in [7, 11) is 0. The normalized spacial score (nSPS) is 11.1. The minimum absolute atomic E-state index is 0.678. The molecule has 0 saturated carbocycles. The number of hydrogen-bond donors (Lipinski definition) is 1. The van der Waals surface area contributed by atoms with Gasteiger partial charge in [-0.25, -0.2) is 0 Å². The largest absolute Gasteiger partial charge is 0.278 e. The van der Waals surface area contributed by atoms with Crippen LogP contribution >= 0.6 is 11.6 Å². The van der Waals surface area contributed by atoms with Crippen LogP contribution in [0.4, 0.5) is 5.69 Å². The molecule has 0 fully saturated rings. The van der Waals surface area contributed by atoms with Crippen molar-refractivity contribution in [3.63, 3.8) is 0 Å². The van der Waals surface area contributed by atoms with Crippen molar-refractivity contribution >= 4 is 34.4 Å². The zero-order valence-electron chi connectivity index (χ0n) is 10.6. The van der Waals surface area contributed by atoms with Crippen molar-refractivity contribution in [1.29, 1.82) is 0 Å². The second-order valence-electron chi connectivity index (χ2n) is 4.27. The first-order valence-corrected chi connectivity index (χ1v) is 6.60. The van der Waals surface area contributed by atoms with Crippen LogP contribution in [0.3, 0.4) is 0 Å². The highest BCUT2D eigenvalue weighted by Crippen LogP contribution is 2.21. The second-order valence-corrected chi connectivity index (χ2v) is 4.67. The third-order valence-corrected chi connectivity index (χ3v) is 3.29. The standard InChI is InChI=1S/C16H12ClN3/c17-14-7-3-1-5-12(14)11-19-20-16-9-10-18-15-8-4-2-6-13(15)16/h1-11H,(H,18,20). The molecular weight excluding hydrogens is 270 g/mol. The fourth-order valence-corrected chi connectivity index (χ4v) is 2.13. The molecule has 3 nitrogen and oxygen atoms in total. The van der Waals surface area contributed by atoms with Gasteiger partial charge in [-0.1, -0.05) is 48.0 Å². The number of pyridine rings is 1. The van der Waals surface area contributed by atoms with Crippen molar-refractivity contribution in [3.05, 3.63) is 71.4 Å². The van der Waals surface area contributed by atoms with Crippen LogP contribution in [0.1, 0.15) is 5.56 Å². The van der Waals surface area contributed by atoms with Gasteiger partial charge < -0.3 is 0 Å². The third kappa shape index (κ3) is 2.63. The van der Waals surface area contributed by atoms with E-state index in [2.05, 4.69) is 15.5 Å². The van der Waals surface area contributed by atoms with Gasteiger partial charge in [0.1, 0.15) is 0 Å². The molecule has 0 unspecified atom stereocenters. The van der Waals surface area contributed by atoms with E-state index in [1.807, 2.05) is 54.6 Å². The summed E-state index contributed by atoms with van der Waals surface area (Å²) in [6.45, 7) is 0. The quantitative estimate of drug-likeness (QED) is 0.573. The summed E-state index contributed by atoms with van der Waals surface area (Å²) in [5.41, 5.74) is 5.76. The van der Waals surface area contributed by atoms with Crippen LogP contribution in [0.5, 0.6) is 0 Å². The summed E-state index contributed by atoms with van der Waals surface area (Å²) in [5, 5.41) is 5.95. The molecule has 3 aromatic rings. The van der Waals surface area contributed by atoms with Crippen molar-refractivity contribution in [2.45, 2.75) is 0 Å². The van der Waals surface area contributed by atoms with Crippen LogP contribution in [0.15, 0.2) is 65.9 Å². The fraction of sp³-hybridized carbons (Fsp3) is 0. The monoisotopic (exact) mass is 281 g/mol. The summed E-state index contributed by atoms with van der Waals surface area (Å²) in [5.74, 6) is 0. The summed E-state index contributed by atoms with van der Waals surface area (Å²) in [4.78, 5) is 4.31. The van der Waals surface area contributed by atoms with Gasteiger partial charge in [0.15, 0.2) is 0 Å². The predicted octanol–water partition coefficient (Wildman–Crippen LogP) is 4.33. The summed E-state index contributed by atoms with van der Waals surface area (Å²) >= 11 is 6.07. The lowest BCUT2D eigenvalue weighted by atomic mass is 10.2. The molecule has 98 valence electrons. The van der Waals surface area contributed by atoms with Gasteiger partial charge in [-0.2, -0.15) is 5.10 Å². The van der Waals surface area contributed by atoms with E-state index in [9.17, 15) is 0 Å². The number of halogens is 1. The van der Waals surface area contributed by atoms with Gasteiger partial charge in [-0.05, 0) is 18.2 Å². The van der Waals surface area contributed by atoms with E-state index in [0.717, 1.165) is 22.2 Å². The molecule has 1 heterocycles.